The molecule has 0 saturated heterocycles. The average Bonchev–Trinajstić information content (AvgIpc) is 2.49. The minimum Gasteiger partial charge on any atom is -0.382 e. The fraction of sp³-hybridized carbons (Fsp3) is 0.444. The van der Waals surface area contributed by atoms with Gasteiger partial charge in [-0.1, -0.05) is 54.1 Å². The molecular weight excluding hydrogens is 264 g/mol. The Balaban J connectivity index is 2.03. The van der Waals surface area contributed by atoms with Crippen molar-refractivity contribution >= 4 is 0 Å². The lowest BCUT2D eigenvalue weighted by Gasteiger charge is -2.32. The summed E-state index contributed by atoms with van der Waals surface area (Å²) < 4.78 is 17.3. The van der Waals surface area contributed by atoms with E-state index in [1.54, 1.807) is 7.11 Å². The van der Waals surface area contributed by atoms with E-state index in [1.807, 2.05) is 18.2 Å². The first-order valence-electron chi connectivity index (χ1n) is 7.33. The Morgan fingerprint density at radius 2 is 1.95 bits per heavy atom. The van der Waals surface area contributed by atoms with Gasteiger partial charge in [0.2, 0.25) is 0 Å². The van der Waals surface area contributed by atoms with Gasteiger partial charge in [-0.05, 0) is 19.4 Å². The van der Waals surface area contributed by atoms with Crippen molar-refractivity contribution in [1.82, 2.24) is 0 Å². The molecule has 2 rings (SSSR count). The molecule has 0 fully saturated rings. The number of ether oxygens (including phenoxy) is 3. The molecule has 114 valence electrons. The molecule has 1 aromatic rings. The molecule has 0 radical (unpaired) electrons. The summed E-state index contributed by atoms with van der Waals surface area (Å²) in [6, 6.07) is 10.2. The Morgan fingerprint density at radius 3 is 2.62 bits per heavy atom. The molecule has 0 N–H and O–H groups in total. The van der Waals surface area contributed by atoms with Crippen molar-refractivity contribution in [3.8, 4) is 0 Å². The molecule has 0 aliphatic carbocycles. The van der Waals surface area contributed by atoms with E-state index in [9.17, 15) is 0 Å². The molecule has 1 aliphatic rings. The molecule has 1 aliphatic heterocycles. The normalized spacial score (nSPS) is 24.8. The van der Waals surface area contributed by atoms with Gasteiger partial charge in [0, 0.05) is 7.11 Å². The van der Waals surface area contributed by atoms with Gasteiger partial charge in [-0.2, -0.15) is 0 Å². The van der Waals surface area contributed by atoms with Crippen molar-refractivity contribution in [2.45, 2.75) is 32.2 Å². The summed E-state index contributed by atoms with van der Waals surface area (Å²) in [5, 5.41) is 0. The Morgan fingerprint density at radius 1 is 1.19 bits per heavy atom. The smallest absolute Gasteiger partial charge is 0.112 e. The van der Waals surface area contributed by atoms with E-state index < -0.39 is 0 Å². The third-order valence-electron chi connectivity index (χ3n) is 3.40. The van der Waals surface area contributed by atoms with E-state index >= 15 is 0 Å². The molecule has 3 atom stereocenters. The lowest BCUT2D eigenvalue weighted by atomic mass is 10.0. The maximum absolute atomic E-state index is 6.13. The number of methoxy groups -OCH3 is 1. The topological polar surface area (TPSA) is 27.7 Å². The summed E-state index contributed by atoms with van der Waals surface area (Å²) in [5.41, 5.74) is 2.40. The highest BCUT2D eigenvalue weighted by Gasteiger charge is 2.28. The predicted molar refractivity (Wildman–Crippen MR) is 84.2 cm³/mol. The van der Waals surface area contributed by atoms with Gasteiger partial charge in [0.15, 0.2) is 0 Å². The van der Waals surface area contributed by atoms with Crippen molar-refractivity contribution < 1.29 is 14.2 Å². The maximum atomic E-state index is 6.13. The van der Waals surface area contributed by atoms with Crippen LogP contribution in [0.25, 0.3) is 0 Å². The molecule has 1 aromatic carbocycles. The molecule has 0 amide bonds. The summed E-state index contributed by atoms with van der Waals surface area (Å²) in [4.78, 5) is 0. The van der Waals surface area contributed by atoms with Crippen molar-refractivity contribution in [3.05, 3.63) is 59.7 Å². The molecular formula is C18H24O3. The van der Waals surface area contributed by atoms with E-state index in [2.05, 4.69) is 44.2 Å². The Bertz CT molecular complexity index is 474. The van der Waals surface area contributed by atoms with Gasteiger partial charge >= 0.3 is 0 Å². The Labute approximate surface area is 127 Å². The zero-order chi connectivity index (χ0) is 15.1. The van der Waals surface area contributed by atoms with Crippen molar-refractivity contribution in [3.63, 3.8) is 0 Å². The minimum absolute atomic E-state index is 0.0327. The molecule has 21 heavy (non-hydrogen) atoms. The van der Waals surface area contributed by atoms with Crippen molar-refractivity contribution in [2.24, 2.45) is 0 Å². The highest BCUT2D eigenvalue weighted by Crippen LogP contribution is 2.27. The van der Waals surface area contributed by atoms with Crippen LogP contribution in [0.4, 0.5) is 0 Å². The van der Waals surface area contributed by atoms with Crippen LogP contribution in [0.15, 0.2) is 54.1 Å². The highest BCUT2D eigenvalue weighted by molar-refractivity contribution is 5.23. The summed E-state index contributed by atoms with van der Waals surface area (Å²) in [7, 11) is 1.69. The van der Waals surface area contributed by atoms with Crippen LogP contribution in [-0.2, 0) is 14.2 Å². The third-order valence-corrected chi connectivity index (χ3v) is 3.40. The molecule has 0 saturated carbocycles. The summed E-state index contributed by atoms with van der Waals surface area (Å²) in [6.07, 6.45) is 6.03. The highest BCUT2D eigenvalue weighted by atomic mass is 16.6. The minimum atomic E-state index is -0.0873. The van der Waals surface area contributed by atoms with Crippen LogP contribution in [0.3, 0.4) is 0 Å². The standard InChI is InChI=1S/C18H24O3/c1-14(2)11-12-20-17-10-9-16(21-18(17)13-19-3)15-7-5-4-6-8-15/h4-11,16-18H,12-13H2,1-3H3/t16-,17-,18+/m0/s1. The number of hydrogen-bond donors (Lipinski definition) is 0. The number of rotatable bonds is 6. The molecule has 1 heterocycles. The summed E-state index contributed by atoms with van der Waals surface area (Å²) in [5.74, 6) is 0. The van der Waals surface area contributed by atoms with Gasteiger partial charge in [0.25, 0.3) is 0 Å². The van der Waals surface area contributed by atoms with Crippen LogP contribution in [0.5, 0.6) is 0 Å². The first kappa shape index (κ1) is 16.0. The van der Waals surface area contributed by atoms with Gasteiger partial charge in [0.1, 0.15) is 18.3 Å². The van der Waals surface area contributed by atoms with E-state index in [4.69, 9.17) is 14.2 Å². The zero-order valence-electron chi connectivity index (χ0n) is 13.0. The molecule has 0 aromatic heterocycles. The molecule has 0 spiro atoms. The largest absolute Gasteiger partial charge is 0.382 e. The quantitative estimate of drug-likeness (QED) is 0.747. The molecule has 0 bridgehead atoms. The molecule has 3 nitrogen and oxygen atoms in total. The predicted octanol–water partition coefficient (Wildman–Crippen LogP) is 3.68. The Kier molecular flexibility index (Phi) is 6.18. The van der Waals surface area contributed by atoms with E-state index in [0.717, 1.165) is 5.56 Å². The second-order valence-corrected chi connectivity index (χ2v) is 5.43. The van der Waals surface area contributed by atoms with E-state index in [-0.39, 0.29) is 18.3 Å². The maximum Gasteiger partial charge on any atom is 0.112 e. The van der Waals surface area contributed by atoms with Gasteiger partial charge < -0.3 is 14.2 Å². The van der Waals surface area contributed by atoms with Gasteiger partial charge in [-0.3, -0.25) is 0 Å². The second kappa shape index (κ2) is 8.13. The zero-order valence-corrected chi connectivity index (χ0v) is 13.0. The van der Waals surface area contributed by atoms with E-state index in [1.165, 1.54) is 5.57 Å². The Hall–Kier alpha value is -1.42. The van der Waals surface area contributed by atoms with Gasteiger partial charge in [-0.25, -0.2) is 0 Å². The van der Waals surface area contributed by atoms with E-state index in [0.29, 0.717) is 13.2 Å². The fourth-order valence-electron chi connectivity index (χ4n) is 2.27. The molecule has 3 heteroatoms. The van der Waals surface area contributed by atoms with Crippen LogP contribution < -0.4 is 0 Å². The summed E-state index contributed by atoms with van der Waals surface area (Å²) >= 11 is 0. The van der Waals surface area contributed by atoms with Crippen LogP contribution in [-0.4, -0.2) is 32.5 Å². The van der Waals surface area contributed by atoms with Gasteiger partial charge in [-0.15, -0.1) is 0 Å². The fourth-order valence-corrected chi connectivity index (χ4v) is 2.27. The molecule has 0 unspecified atom stereocenters. The first-order valence-corrected chi connectivity index (χ1v) is 7.33. The van der Waals surface area contributed by atoms with Crippen LogP contribution in [0.2, 0.25) is 0 Å². The van der Waals surface area contributed by atoms with Crippen molar-refractivity contribution in [1.29, 1.82) is 0 Å². The number of allylic oxidation sites excluding steroid dienone is 1. The third kappa shape index (κ3) is 4.81. The number of hydrogen-bond acceptors (Lipinski definition) is 3. The number of benzene rings is 1. The second-order valence-electron chi connectivity index (χ2n) is 5.43. The lowest BCUT2D eigenvalue weighted by molar-refractivity contribution is -0.104. The first-order chi connectivity index (χ1) is 10.2. The van der Waals surface area contributed by atoms with Gasteiger partial charge in [0.05, 0.1) is 13.2 Å². The monoisotopic (exact) mass is 288 g/mol. The average molecular weight is 288 g/mol. The van der Waals surface area contributed by atoms with Crippen LogP contribution >= 0.6 is 0 Å². The van der Waals surface area contributed by atoms with Crippen molar-refractivity contribution in [2.75, 3.05) is 20.3 Å². The van der Waals surface area contributed by atoms with Crippen LogP contribution in [0.1, 0.15) is 25.5 Å². The summed E-state index contributed by atoms with van der Waals surface area (Å²) in [6.45, 7) is 5.24. The lowest BCUT2D eigenvalue weighted by Crippen LogP contribution is -2.37. The van der Waals surface area contributed by atoms with Crippen LogP contribution in [0, 0.1) is 0 Å². The SMILES string of the molecule is COC[C@H]1O[C@H](c2ccccc2)C=C[C@@H]1OCC=C(C)C.